The van der Waals surface area contributed by atoms with Gasteiger partial charge in [0.15, 0.2) is 16.6 Å². The minimum Gasteiger partial charge on any atom is -0.497 e. The van der Waals surface area contributed by atoms with Crippen molar-refractivity contribution < 1.29 is 14.3 Å². The molecule has 150 valence electrons. The summed E-state index contributed by atoms with van der Waals surface area (Å²) in [6.45, 7) is 0. The van der Waals surface area contributed by atoms with Crippen molar-refractivity contribution in [2.75, 3.05) is 12.4 Å². The first kappa shape index (κ1) is 19.8. The molecule has 4 rings (SSSR count). The lowest BCUT2D eigenvalue weighted by molar-refractivity contribution is 0.102. The summed E-state index contributed by atoms with van der Waals surface area (Å²) in [5.41, 5.74) is 0.673. The average Bonchev–Trinajstić information content (AvgIpc) is 3.27. The summed E-state index contributed by atoms with van der Waals surface area (Å²) in [4.78, 5) is 25.4. The maximum absolute atomic E-state index is 12.7. The van der Waals surface area contributed by atoms with Gasteiger partial charge in [-0.25, -0.2) is 15.0 Å². The van der Waals surface area contributed by atoms with Crippen molar-refractivity contribution in [1.82, 2.24) is 15.0 Å². The molecule has 0 fully saturated rings. The maximum Gasteiger partial charge on any atom is 0.275 e. The Bertz CT molecular complexity index is 1170. The van der Waals surface area contributed by atoms with Crippen molar-refractivity contribution in [3.05, 3.63) is 77.0 Å². The van der Waals surface area contributed by atoms with Crippen LogP contribution in [-0.4, -0.2) is 28.0 Å². The van der Waals surface area contributed by atoms with Crippen LogP contribution in [0.4, 0.5) is 5.69 Å². The van der Waals surface area contributed by atoms with E-state index in [2.05, 4.69) is 20.3 Å². The number of ether oxygens (including phenoxy) is 2. The molecule has 0 aliphatic carbocycles. The lowest BCUT2D eigenvalue weighted by Gasteiger charge is -2.12. The Morgan fingerprint density at radius 1 is 1.07 bits per heavy atom. The predicted molar refractivity (Wildman–Crippen MR) is 116 cm³/mol. The summed E-state index contributed by atoms with van der Waals surface area (Å²) in [6.07, 6.45) is 3.25. The van der Waals surface area contributed by atoms with Gasteiger partial charge in [0.25, 0.3) is 5.91 Å². The van der Waals surface area contributed by atoms with Crippen LogP contribution in [0.1, 0.15) is 10.5 Å². The molecule has 0 spiro atoms. The molecule has 4 aromatic rings. The fraction of sp³-hybridized carbons (Fsp3) is 0.0476. The molecule has 0 bridgehead atoms. The fourth-order valence-corrected chi connectivity index (χ4v) is 3.45. The van der Waals surface area contributed by atoms with Gasteiger partial charge in [0.2, 0.25) is 0 Å². The number of nitrogens with one attached hydrogen (secondary N) is 1. The number of carbonyl (C=O) groups is 1. The largest absolute Gasteiger partial charge is 0.497 e. The van der Waals surface area contributed by atoms with Crippen LogP contribution >= 0.6 is 22.9 Å². The van der Waals surface area contributed by atoms with Crippen molar-refractivity contribution in [3.63, 3.8) is 0 Å². The zero-order valence-electron chi connectivity index (χ0n) is 15.7. The SMILES string of the molecule is COc1ccc(Oc2ccc(Cl)cc2NC(=O)c2csc(-c3ncccn3)n2)cc1. The standard InChI is InChI=1S/C21H15ClN4O3S/c1-28-14-4-6-15(7-5-14)29-18-8-3-13(22)11-16(18)25-20(27)17-12-30-21(26-17)19-23-9-2-10-24-19/h2-12H,1H3,(H,25,27). The molecule has 0 atom stereocenters. The van der Waals surface area contributed by atoms with Gasteiger partial charge >= 0.3 is 0 Å². The molecular weight excluding hydrogens is 424 g/mol. The molecule has 0 unspecified atom stereocenters. The number of halogens is 1. The smallest absolute Gasteiger partial charge is 0.275 e. The molecule has 0 aliphatic heterocycles. The zero-order chi connectivity index (χ0) is 20.9. The van der Waals surface area contributed by atoms with Crippen LogP contribution < -0.4 is 14.8 Å². The number of thiazole rings is 1. The quantitative estimate of drug-likeness (QED) is 0.439. The van der Waals surface area contributed by atoms with Gasteiger partial charge in [-0.1, -0.05) is 11.6 Å². The molecule has 7 nitrogen and oxygen atoms in total. The molecule has 1 amide bonds. The highest BCUT2D eigenvalue weighted by Gasteiger charge is 2.16. The van der Waals surface area contributed by atoms with Crippen molar-refractivity contribution >= 4 is 34.5 Å². The molecule has 9 heteroatoms. The van der Waals surface area contributed by atoms with E-state index in [1.807, 2.05) is 0 Å². The second-order valence-electron chi connectivity index (χ2n) is 5.98. The molecule has 0 saturated heterocycles. The fourth-order valence-electron chi connectivity index (χ4n) is 2.54. The molecule has 1 N–H and O–H groups in total. The van der Waals surface area contributed by atoms with E-state index in [0.29, 0.717) is 38.8 Å². The summed E-state index contributed by atoms with van der Waals surface area (Å²) < 4.78 is 11.1. The third-order valence-electron chi connectivity index (χ3n) is 3.97. The minimum atomic E-state index is -0.393. The summed E-state index contributed by atoms with van der Waals surface area (Å²) in [5, 5.41) is 5.47. The number of rotatable bonds is 6. The predicted octanol–water partition coefficient (Wildman–Crippen LogP) is 5.31. The molecule has 0 saturated carbocycles. The van der Waals surface area contributed by atoms with Crippen LogP contribution in [0.5, 0.6) is 17.2 Å². The van der Waals surface area contributed by atoms with E-state index < -0.39 is 5.91 Å². The first-order chi connectivity index (χ1) is 14.6. The molecule has 2 aromatic carbocycles. The molecule has 2 heterocycles. The van der Waals surface area contributed by atoms with Crippen LogP contribution in [-0.2, 0) is 0 Å². The van der Waals surface area contributed by atoms with Crippen LogP contribution in [0, 0.1) is 0 Å². The molecular formula is C21H15ClN4O3S. The number of aromatic nitrogens is 3. The number of methoxy groups -OCH3 is 1. The number of nitrogens with zero attached hydrogens (tertiary/aromatic N) is 3. The third-order valence-corrected chi connectivity index (χ3v) is 5.04. The van der Waals surface area contributed by atoms with Crippen LogP contribution in [0.15, 0.2) is 66.3 Å². The summed E-state index contributed by atoms with van der Waals surface area (Å²) in [7, 11) is 1.59. The lowest BCUT2D eigenvalue weighted by Crippen LogP contribution is -2.13. The van der Waals surface area contributed by atoms with Gasteiger partial charge in [0, 0.05) is 22.8 Å². The minimum absolute atomic E-state index is 0.248. The first-order valence-corrected chi connectivity index (χ1v) is 10.0. The zero-order valence-corrected chi connectivity index (χ0v) is 17.3. The normalized spacial score (nSPS) is 10.5. The second-order valence-corrected chi connectivity index (χ2v) is 7.28. The highest BCUT2D eigenvalue weighted by atomic mass is 35.5. The van der Waals surface area contributed by atoms with Gasteiger partial charge < -0.3 is 14.8 Å². The summed E-state index contributed by atoms with van der Waals surface area (Å²) in [6, 6.07) is 13.8. The van der Waals surface area contributed by atoms with E-state index in [1.54, 1.807) is 73.4 Å². The van der Waals surface area contributed by atoms with E-state index in [4.69, 9.17) is 21.1 Å². The summed E-state index contributed by atoms with van der Waals surface area (Å²) >= 11 is 7.41. The van der Waals surface area contributed by atoms with Gasteiger partial charge in [-0.2, -0.15) is 0 Å². The molecule has 30 heavy (non-hydrogen) atoms. The third kappa shape index (κ3) is 4.56. The molecule has 0 aliphatic rings. The van der Waals surface area contributed by atoms with Crippen LogP contribution in [0.2, 0.25) is 5.02 Å². The second kappa shape index (κ2) is 8.89. The van der Waals surface area contributed by atoms with Crippen molar-refractivity contribution in [1.29, 1.82) is 0 Å². The topological polar surface area (TPSA) is 86.2 Å². The van der Waals surface area contributed by atoms with Crippen molar-refractivity contribution in [2.24, 2.45) is 0 Å². The summed E-state index contributed by atoms with van der Waals surface area (Å²) in [5.74, 6) is 1.82. The Morgan fingerprint density at radius 2 is 1.80 bits per heavy atom. The van der Waals surface area contributed by atoms with Gasteiger partial charge in [0.05, 0.1) is 12.8 Å². The Kier molecular flexibility index (Phi) is 5.87. The Labute approximate surface area is 181 Å². The van der Waals surface area contributed by atoms with Gasteiger partial charge in [0.1, 0.15) is 17.2 Å². The number of hydrogen-bond acceptors (Lipinski definition) is 7. The van der Waals surface area contributed by atoms with Gasteiger partial charge in [-0.15, -0.1) is 11.3 Å². The van der Waals surface area contributed by atoms with Gasteiger partial charge in [-0.05, 0) is 48.5 Å². The van der Waals surface area contributed by atoms with E-state index >= 15 is 0 Å². The highest BCUT2D eigenvalue weighted by Crippen LogP contribution is 2.33. The lowest BCUT2D eigenvalue weighted by atomic mass is 10.2. The Morgan fingerprint density at radius 3 is 2.53 bits per heavy atom. The molecule has 0 radical (unpaired) electrons. The molecule has 2 aromatic heterocycles. The first-order valence-electron chi connectivity index (χ1n) is 8.78. The maximum atomic E-state index is 12.7. The van der Waals surface area contributed by atoms with E-state index in [-0.39, 0.29) is 5.69 Å². The van der Waals surface area contributed by atoms with E-state index in [9.17, 15) is 4.79 Å². The van der Waals surface area contributed by atoms with Gasteiger partial charge in [-0.3, -0.25) is 4.79 Å². The highest BCUT2D eigenvalue weighted by molar-refractivity contribution is 7.13. The number of benzene rings is 2. The van der Waals surface area contributed by atoms with Crippen LogP contribution in [0.25, 0.3) is 10.8 Å². The van der Waals surface area contributed by atoms with Crippen molar-refractivity contribution in [3.8, 4) is 28.1 Å². The number of anilines is 1. The van der Waals surface area contributed by atoms with Crippen LogP contribution in [0.3, 0.4) is 0 Å². The van der Waals surface area contributed by atoms with E-state index in [0.717, 1.165) is 0 Å². The van der Waals surface area contributed by atoms with E-state index in [1.165, 1.54) is 11.3 Å². The van der Waals surface area contributed by atoms with Crippen molar-refractivity contribution in [2.45, 2.75) is 0 Å². The Hall–Kier alpha value is -3.49. The Balaban J connectivity index is 1.54. The monoisotopic (exact) mass is 438 g/mol. The number of carbonyl (C=O) groups excluding carboxylic acids is 1. The average molecular weight is 439 g/mol. The number of amides is 1. The number of hydrogen-bond donors (Lipinski definition) is 1.